The van der Waals surface area contributed by atoms with Crippen LogP contribution in [0.25, 0.3) is 10.9 Å². The van der Waals surface area contributed by atoms with E-state index >= 15 is 0 Å². The van der Waals surface area contributed by atoms with E-state index in [9.17, 15) is 14.4 Å². The van der Waals surface area contributed by atoms with Crippen molar-refractivity contribution in [2.24, 2.45) is 11.8 Å². The minimum Gasteiger partial charge on any atom is -0.326 e. The normalized spacial score (nSPS) is 23.1. The molecule has 2 aromatic rings. The standard InChI is InChI=1S/C18H20N4O3/c23-16(20-12-5-6-15-11(9-12)10-19-21-15)7-8-22-17(24)13-3-1-2-4-14(13)18(22)25/h5-6,9-10,13-14H,1-4,7-8H2,(H,19,21)(H,20,23). The number of hydrogen-bond acceptors (Lipinski definition) is 4. The van der Waals surface area contributed by atoms with Gasteiger partial charge in [0.2, 0.25) is 17.7 Å². The molecule has 7 heteroatoms. The molecule has 2 unspecified atom stereocenters. The second-order valence-corrected chi connectivity index (χ2v) is 6.80. The summed E-state index contributed by atoms with van der Waals surface area (Å²) in [5.74, 6) is -0.719. The van der Waals surface area contributed by atoms with E-state index in [0.29, 0.717) is 5.69 Å². The van der Waals surface area contributed by atoms with Crippen LogP contribution in [0.2, 0.25) is 0 Å². The summed E-state index contributed by atoms with van der Waals surface area (Å²) >= 11 is 0. The zero-order chi connectivity index (χ0) is 17.4. The number of imide groups is 1. The molecule has 1 saturated carbocycles. The van der Waals surface area contributed by atoms with Crippen LogP contribution >= 0.6 is 0 Å². The second-order valence-electron chi connectivity index (χ2n) is 6.80. The maximum Gasteiger partial charge on any atom is 0.233 e. The molecule has 0 bridgehead atoms. The molecule has 2 atom stereocenters. The molecule has 1 saturated heterocycles. The van der Waals surface area contributed by atoms with Gasteiger partial charge in [-0.15, -0.1) is 0 Å². The Morgan fingerprint density at radius 2 is 1.92 bits per heavy atom. The molecular weight excluding hydrogens is 320 g/mol. The molecule has 7 nitrogen and oxygen atoms in total. The van der Waals surface area contributed by atoms with E-state index in [1.807, 2.05) is 12.1 Å². The molecular formula is C18H20N4O3. The first kappa shape index (κ1) is 15.8. The molecule has 1 aliphatic carbocycles. The summed E-state index contributed by atoms with van der Waals surface area (Å²) in [6.45, 7) is 0.157. The van der Waals surface area contributed by atoms with E-state index in [1.54, 1.807) is 12.3 Å². The Bertz CT molecular complexity index is 820. The van der Waals surface area contributed by atoms with Crippen LogP contribution in [-0.4, -0.2) is 39.4 Å². The molecule has 130 valence electrons. The molecule has 25 heavy (non-hydrogen) atoms. The van der Waals surface area contributed by atoms with E-state index in [1.165, 1.54) is 4.90 Å². The van der Waals surface area contributed by atoms with Gasteiger partial charge in [0.05, 0.1) is 23.5 Å². The van der Waals surface area contributed by atoms with Crippen molar-refractivity contribution in [2.45, 2.75) is 32.1 Å². The third kappa shape index (κ3) is 2.90. The number of nitrogens with zero attached hydrogens (tertiary/aromatic N) is 2. The number of carbonyl (C=O) groups is 3. The van der Waals surface area contributed by atoms with Gasteiger partial charge in [-0.1, -0.05) is 12.8 Å². The molecule has 0 radical (unpaired) electrons. The molecule has 1 aromatic carbocycles. The van der Waals surface area contributed by atoms with Crippen molar-refractivity contribution in [3.8, 4) is 0 Å². The monoisotopic (exact) mass is 340 g/mol. The van der Waals surface area contributed by atoms with E-state index < -0.39 is 0 Å². The summed E-state index contributed by atoms with van der Waals surface area (Å²) in [6.07, 6.45) is 5.40. The number of benzene rings is 1. The van der Waals surface area contributed by atoms with Gasteiger partial charge in [-0.25, -0.2) is 0 Å². The fraction of sp³-hybridized carbons (Fsp3) is 0.444. The fourth-order valence-corrected chi connectivity index (χ4v) is 3.91. The van der Waals surface area contributed by atoms with Crippen LogP contribution in [0.4, 0.5) is 5.69 Å². The fourth-order valence-electron chi connectivity index (χ4n) is 3.91. The Kier molecular flexibility index (Phi) is 3.99. The van der Waals surface area contributed by atoms with Crippen LogP contribution in [0.15, 0.2) is 24.4 Å². The number of aromatic nitrogens is 2. The van der Waals surface area contributed by atoms with Crippen molar-refractivity contribution in [3.63, 3.8) is 0 Å². The summed E-state index contributed by atoms with van der Waals surface area (Å²) in [4.78, 5) is 38.3. The summed E-state index contributed by atoms with van der Waals surface area (Å²) in [5.41, 5.74) is 1.57. The van der Waals surface area contributed by atoms with Crippen molar-refractivity contribution >= 4 is 34.3 Å². The number of rotatable bonds is 4. The number of fused-ring (bicyclic) bond motifs is 2. The number of likely N-dealkylation sites (tertiary alicyclic amines) is 1. The highest BCUT2D eigenvalue weighted by Gasteiger charge is 2.47. The van der Waals surface area contributed by atoms with Gasteiger partial charge in [0, 0.05) is 24.0 Å². The first-order valence-electron chi connectivity index (χ1n) is 8.72. The number of carbonyl (C=O) groups excluding carboxylic acids is 3. The van der Waals surface area contributed by atoms with Crippen molar-refractivity contribution in [2.75, 3.05) is 11.9 Å². The predicted molar refractivity (Wildman–Crippen MR) is 91.5 cm³/mol. The van der Waals surface area contributed by atoms with Gasteiger partial charge in [0.25, 0.3) is 0 Å². The number of aromatic amines is 1. The van der Waals surface area contributed by atoms with Gasteiger partial charge in [-0.05, 0) is 31.0 Å². The maximum absolute atomic E-state index is 12.4. The van der Waals surface area contributed by atoms with Gasteiger partial charge in [0.1, 0.15) is 0 Å². The Morgan fingerprint density at radius 1 is 1.20 bits per heavy atom. The highest BCUT2D eigenvalue weighted by Crippen LogP contribution is 2.37. The van der Waals surface area contributed by atoms with Crippen LogP contribution in [0.1, 0.15) is 32.1 Å². The Balaban J connectivity index is 1.36. The van der Waals surface area contributed by atoms with Crippen molar-refractivity contribution in [1.82, 2.24) is 15.1 Å². The van der Waals surface area contributed by atoms with E-state index in [0.717, 1.165) is 36.6 Å². The summed E-state index contributed by atoms with van der Waals surface area (Å²) in [5, 5.41) is 10.5. The van der Waals surface area contributed by atoms with E-state index in [2.05, 4.69) is 15.5 Å². The molecule has 0 spiro atoms. The van der Waals surface area contributed by atoms with Crippen molar-refractivity contribution in [3.05, 3.63) is 24.4 Å². The highest BCUT2D eigenvalue weighted by atomic mass is 16.2. The first-order valence-corrected chi connectivity index (χ1v) is 8.72. The van der Waals surface area contributed by atoms with Crippen LogP contribution in [0, 0.1) is 11.8 Å². The topological polar surface area (TPSA) is 95.2 Å². The molecule has 4 rings (SSSR count). The van der Waals surface area contributed by atoms with Gasteiger partial charge in [-0.3, -0.25) is 24.4 Å². The number of amides is 3. The van der Waals surface area contributed by atoms with Crippen LogP contribution in [0.5, 0.6) is 0 Å². The Morgan fingerprint density at radius 3 is 2.64 bits per heavy atom. The lowest BCUT2D eigenvalue weighted by molar-refractivity contribution is -0.140. The molecule has 3 amide bonds. The first-order chi connectivity index (χ1) is 12.1. The van der Waals surface area contributed by atoms with Gasteiger partial charge >= 0.3 is 0 Å². The zero-order valence-electron chi connectivity index (χ0n) is 13.8. The summed E-state index contributed by atoms with van der Waals surface area (Å²) < 4.78 is 0. The van der Waals surface area contributed by atoms with Crippen LogP contribution in [-0.2, 0) is 14.4 Å². The van der Waals surface area contributed by atoms with Crippen molar-refractivity contribution in [1.29, 1.82) is 0 Å². The minimum atomic E-state index is -0.210. The van der Waals surface area contributed by atoms with E-state index in [4.69, 9.17) is 0 Å². The lowest BCUT2D eigenvalue weighted by Crippen LogP contribution is -2.34. The quantitative estimate of drug-likeness (QED) is 0.833. The number of hydrogen-bond donors (Lipinski definition) is 2. The SMILES string of the molecule is O=C(CCN1C(=O)C2CCCCC2C1=O)Nc1ccc2[nH]ncc2c1. The average molecular weight is 340 g/mol. The highest BCUT2D eigenvalue weighted by molar-refractivity contribution is 6.05. The third-order valence-electron chi connectivity index (χ3n) is 5.22. The molecule has 2 fully saturated rings. The maximum atomic E-state index is 12.4. The minimum absolute atomic E-state index is 0.0951. The van der Waals surface area contributed by atoms with Crippen LogP contribution in [0.3, 0.4) is 0 Å². The van der Waals surface area contributed by atoms with Gasteiger partial charge in [0.15, 0.2) is 0 Å². The molecule has 1 aromatic heterocycles. The average Bonchev–Trinajstić information content (AvgIpc) is 3.17. The number of anilines is 1. The van der Waals surface area contributed by atoms with Gasteiger partial charge in [-0.2, -0.15) is 5.10 Å². The Labute approximate surface area is 144 Å². The number of nitrogens with one attached hydrogen (secondary N) is 2. The lowest BCUT2D eigenvalue weighted by Gasteiger charge is -2.19. The van der Waals surface area contributed by atoms with Crippen molar-refractivity contribution < 1.29 is 14.4 Å². The summed E-state index contributed by atoms with van der Waals surface area (Å²) in [7, 11) is 0. The van der Waals surface area contributed by atoms with E-state index in [-0.39, 0.29) is 42.5 Å². The summed E-state index contributed by atoms with van der Waals surface area (Å²) in [6, 6.07) is 5.47. The smallest absolute Gasteiger partial charge is 0.233 e. The number of H-pyrrole nitrogens is 1. The Hall–Kier alpha value is -2.70. The molecule has 1 aliphatic heterocycles. The zero-order valence-corrected chi connectivity index (χ0v) is 13.8. The molecule has 2 N–H and O–H groups in total. The largest absolute Gasteiger partial charge is 0.326 e. The second kappa shape index (κ2) is 6.31. The predicted octanol–water partition coefficient (Wildman–Crippen LogP) is 2.07. The van der Waals surface area contributed by atoms with Gasteiger partial charge < -0.3 is 5.32 Å². The third-order valence-corrected chi connectivity index (χ3v) is 5.22. The molecule has 2 aliphatic rings. The lowest BCUT2D eigenvalue weighted by atomic mass is 9.81. The van der Waals surface area contributed by atoms with Crippen LogP contribution < -0.4 is 5.32 Å². The molecule has 2 heterocycles.